The number of hydrogen-bond donors (Lipinski definition) is 1. The van der Waals surface area contributed by atoms with Crippen LogP contribution in [0.4, 0.5) is 14.5 Å². The number of carbonyl (C=O) groups excluding carboxylic acids is 1. The van der Waals surface area contributed by atoms with Crippen LogP contribution in [0.2, 0.25) is 0 Å². The fourth-order valence-corrected chi connectivity index (χ4v) is 6.79. The van der Waals surface area contributed by atoms with Crippen LogP contribution < -0.4 is 9.62 Å². The molecule has 1 amide bonds. The zero-order valence-corrected chi connectivity index (χ0v) is 24.7. The second-order valence-corrected chi connectivity index (χ2v) is 12.7. The lowest BCUT2D eigenvalue weighted by Gasteiger charge is -2.30. The van der Waals surface area contributed by atoms with Gasteiger partial charge in [0.15, 0.2) is 11.6 Å². The Hall–Kier alpha value is -3.89. The molecule has 10 heteroatoms. The summed E-state index contributed by atoms with van der Waals surface area (Å²) in [6.45, 7) is 3.83. The van der Waals surface area contributed by atoms with Gasteiger partial charge >= 0.3 is 0 Å². The zero-order chi connectivity index (χ0) is 30.0. The van der Waals surface area contributed by atoms with Gasteiger partial charge < -0.3 is 9.47 Å². The van der Waals surface area contributed by atoms with Crippen molar-refractivity contribution in [2.45, 2.75) is 62.9 Å². The molecule has 220 valence electrons. The normalized spacial score (nSPS) is 15.7. The Morgan fingerprint density at radius 3 is 2.64 bits per heavy atom. The van der Waals surface area contributed by atoms with Gasteiger partial charge in [-0.3, -0.25) is 4.79 Å². The summed E-state index contributed by atoms with van der Waals surface area (Å²) in [4.78, 5) is 20.1. The highest BCUT2D eigenvalue weighted by Crippen LogP contribution is 2.35. The second-order valence-electron chi connectivity index (χ2n) is 11.0. The average molecular weight is 593 g/mol. The van der Waals surface area contributed by atoms with Gasteiger partial charge in [-0.1, -0.05) is 31.2 Å². The minimum absolute atomic E-state index is 0.0516. The van der Waals surface area contributed by atoms with Gasteiger partial charge in [0.1, 0.15) is 5.82 Å². The summed E-state index contributed by atoms with van der Waals surface area (Å²) in [6, 6.07) is 15.7. The molecule has 1 aliphatic carbocycles. The van der Waals surface area contributed by atoms with E-state index in [4.69, 9.17) is 0 Å². The molecule has 1 heterocycles. The molecule has 3 aromatic carbocycles. The number of imidazole rings is 1. The van der Waals surface area contributed by atoms with E-state index in [1.165, 1.54) is 6.07 Å². The number of rotatable bonds is 9. The Balaban J connectivity index is 1.46. The van der Waals surface area contributed by atoms with Crippen molar-refractivity contribution in [1.29, 1.82) is 0 Å². The first-order chi connectivity index (χ1) is 20.0. The highest BCUT2D eigenvalue weighted by molar-refractivity contribution is 7.89. The Bertz CT molecular complexity index is 1720. The van der Waals surface area contributed by atoms with Crippen LogP contribution in [0.3, 0.4) is 0 Å². The molecule has 1 aromatic heterocycles. The number of carbonyl (C=O) groups is 1. The van der Waals surface area contributed by atoms with Crippen molar-refractivity contribution in [3.63, 3.8) is 0 Å². The molecular formula is C32H34F2N4O3S. The highest BCUT2D eigenvalue weighted by atomic mass is 32.2. The van der Waals surface area contributed by atoms with Crippen molar-refractivity contribution in [3.05, 3.63) is 113 Å². The molecule has 42 heavy (non-hydrogen) atoms. The Labute approximate surface area is 245 Å². The lowest BCUT2D eigenvalue weighted by molar-refractivity contribution is -0.119. The number of benzene rings is 3. The van der Waals surface area contributed by atoms with Gasteiger partial charge in [0.2, 0.25) is 15.9 Å². The number of sulfonamides is 1. The maximum Gasteiger partial charge on any atom is 0.241 e. The van der Waals surface area contributed by atoms with Gasteiger partial charge in [0.25, 0.3) is 0 Å². The summed E-state index contributed by atoms with van der Waals surface area (Å²) >= 11 is 0. The summed E-state index contributed by atoms with van der Waals surface area (Å²) in [5, 5.41) is 0. The SMILES string of the molecule is Cc1cccc(S(=O)(=O)N[C@H]2CCCc3ccc(N(Cc4nccn4C)C(=O)C[C@H](C)c4ccc(F)c(F)c4)cc32)c1. The number of nitrogens with one attached hydrogen (secondary N) is 1. The minimum atomic E-state index is -3.78. The van der Waals surface area contributed by atoms with E-state index in [-0.39, 0.29) is 29.7 Å². The number of aromatic nitrogens is 2. The molecule has 0 saturated carbocycles. The van der Waals surface area contributed by atoms with Crippen LogP contribution in [0.5, 0.6) is 0 Å². The van der Waals surface area contributed by atoms with E-state index in [0.29, 0.717) is 23.5 Å². The molecule has 0 aliphatic heterocycles. The van der Waals surface area contributed by atoms with Crippen molar-refractivity contribution in [3.8, 4) is 0 Å². The summed E-state index contributed by atoms with van der Waals surface area (Å²) in [5.74, 6) is -1.81. The van der Waals surface area contributed by atoms with Crippen LogP contribution in [-0.4, -0.2) is 23.9 Å². The molecule has 2 atom stereocenters. The maximum absolute atomic E-state index is 13.9. The minimum Gasteiger partial charge on any atom is -0.337 e. The van der Waals surface area contributed by atoms with Crippen molar-refractivity contribution >= 4 is 21.6 Å². The van der Waals surface area contributed by atoms with Gasteiger partial charge in [0.05, 0.1) is 11.4 Å². The molecule has 0 spiro atoms. The number of anilines is 1. The van der Waals surface area contributed by atoms with Gasteiger partial charge in [-0.05, 0) is 90.8 Å². The predicted molar refractivity (Wildman–Crippen MR) is 157 cm³/mol. The summed E-state index contributed by atoms with van der Waals surface area (Å²) in [6.07, 6.45) is 5.77. The first-order valence-electron chi connectivity index (χ1n) is 13.9. The first-order valence-corrected chi connectivity index (χ1v) is 15.4. The lowest BCUT2D eigenvalue weighted by Crippen LogP contribution is -2.34. The number of amides is 1. The Morgan fingerprint density at radius 2 is 1.93 bits per heavy atom. The zero-order valence-electron chi connectivity index (χ0n) is 23.8. The van der Waals surface area contributed by atoms with Gasteiger partial charge in [-0.15, -0.1) is 0 Å². The summed E-state index contributed by atoms with van der Waals surface area (Å²) in [7, 11) is -1.93. The van der Waals surface area contributed by atoms with E-state index in [1.807, 2.05) is 42.8 Å². The standard InChI is InChI=1S/C32H34F2N4O3S/c1-21-6-4-8-26(16-21)42(40,41)36-30-9-5-7-23-10-12-25(19-27(23)30)38(20-31-35-14-15-37(31)3)32(39)17-22(2)24-11-13-28(33)29(34)18-24/h4,6,8,10-16,18-19,22,30,36H,5,7,9,17,20H2,1-3H3/t22-,30-/m0/s1. The van der Waals surface area contributed by atoms with Crippen LogP contribution in [0.25, 0.3) is 0 Å². The topological polar surface area (TPSA) is 84.3 Å². The van der Waals surface area contributed by atoms with Crippen LogP contribution in [0.1, 0.15) is 66.2 Å². The number of aryl methyl sites for hydroxylation is 3. The molecule has 1 N–H and O–H groups in total. The fraction of sp³-hybridized carbons (Fsp3) is 0.312. The van der Waals surface area contributed by atoms with Crippen molar-refractivity contribution in [1.82, 2.24) is 14.3 Å². The molecule has 0 saturated heterocycles. The van der Waals surface area contributed by atoms with Gasteiger partial charge in [-0.25, -0.2) is 26.9 Å². The number of nitrogens with zero attached hydrogens (tertiary/aromatic N) is 3. The number of hydrogen-bond acceptors (Lipinski definition) is 4. The molecule has 0 fully saturated rings. The molecule has 0 bridgehead atoms. The van der Waals surface area contributed by atoms with Gasteiger partial charge in [-0.2, -0.15) is 0 Å². The van der Waals surface area contributed by atoms with Crippen LogP contribution in [-0.2, 0) is 34.8 Å². The molecule has 7 nitrogen and oxygen atoms in total. The molecule has 5 rings (SSSR count). The average Bonchev–Trinajstić information content (AvgIpc) is 3.37. The highest BCUT2D eigenvalue weighted by Gasteiger charge is 2.28. The number of halogens is 2. The molecule has 1 aliphatic rings. The molecule has 0 radical (unpaired) electrons. The van der Waals surface area contributed by atoms with Crippen molar-refractivity contribution in [2.75, 3.05) is 4.90 Å². The van der Waals surface area contributed by atoms with E-state index in [0.717, 1.165) is 41.7 Å². The first kappa shape index (κ1) is 29.6. The van der Waals surface area contributed by atoms with Gasteiger partial charge in [0, 0.05) is 37.6 Å². The smallest absolute Gasteiger partial charge is 0.241 e. The van der Waals surface area contributed by atoms with E-state index in [1.54, 1.807) is 42.4 Å². The number of fused-ring (bicyclic) bond motifs is 1. The van der Waals surface area contributed by atoms with Crippen LogP contribution >= 0.6 is 0 Å². The maximum atomic E-state index is 13.9. The van der Waals surface area contributed by atoms with Crippen LogP contribution in [0, 0.1) is 18.6 Å². The quantitative estimate of drug-likeness (QED) is 0.255. The molecule has 4 aromatic rings. The largest absolute Gasteiger partial charge is 0.337 e. The monoisotopic (exact) mass is 592 g/mol. The third kappa shape index (κ3) is 6.44. The molecule has 0 unspecified atom stereocenters. The Morgan fingerprint density at radius 1 is 1.12 bits per heavy atom. The second kappa shape index (κ2) is 12.1. The van der Waals surface area contributed by atoms with E-state index < -0.39 is 27.7 Å². The Kier molecular flexibility index (Phi) is 8.56. The van der Waals surface area contributed by atoms with Crippen LogP contribution in [0.15, 0.2) is 78.0 Å². The summed E-state index contributed by atoms with van der Waals surface area (Å²) in [5.41, 5.74) is 3.85. The van der Waals surface area contributed by atoms with E-state index in [2.05, 4.69) is 9.71 Å². The predicted octanol–water partition coefficient (Wildman–Crippen LogP) is 6.09. The van der Waals surface area contributed by atoms with E-state index in [9.17, 15) is 22.0 Å². The summed E-state index contributed by atoms with van der Waals surface area (Å²) < 4.78 is 58.7. The third-order valence-electron chi connectivity index (χ3n) is 7.87. The molecular weight excluding hydrogens is 558 g/mol. The van der Waals surface area contributed by atoms with Crippen molar-refractivity contribution < 1.29 is 22.0 Å². The fourth-order valence-electron chi connectivity index (χ4n) is 5.44. The third-order valence-corrected chi connectivity index (χ3v) is 9.34. The van der Waals surface area contributed by atoms with E-state index >= 15 is 0 Å². The van der Waals surface area contributed by atoms with Crippen molar-refractivity contribution in [2.24, 2.45) is 7.05 Å². The lowest BCUT2D eigenvalue weighted by atomic mass is 9.87.